The predicted molar refractivity (Wildman–Crippen MR) is 185 cm³/mol. The number of hydrogen-bond acceptors (Lipinski definition) is 0. The van der Waals surface area contributed by atoms with Gasteiger partial charge >= 0.3 is 0 Å². The molecule has 1 aromatic heterocycles. The fourth-order valence-electron chi connectivity index (χ4n) is 6.44. The van der Waals surface area contributed by atoms with Gasteiger partial charge in [-0.2, -0.15) is 0 Å². The molecule has 1 aromatic rings. The van der Waals surface area contributed by atoms with Crippen molar-refractivity contribution >= 4 is 0 Å². The summed E-state index contributed by atoms with van der Waals surface area (Å²) in [6.45, 7) is 8.15. The van der Waals surface area contributed by atoms with Crippen molar-refractivity contribution in [1.82, 2.24) is 0 Å². The zero-order chi connectivity index (χ0) is 29.5. The van der Waals surface area contributed by atoms with Crippen LogP contribution in [0, 0.1) is 0 Å². The number of pyridine rings is 1. The maximum absolute atomic E-state index is 2.53. The van der Waals surface area contributed by atoms with Gasteiger partial charge in [0.05, 0.1) is 0 Å². The number of rotatable bonds is 32. The lowest BCUT2D eigenvalue weighted by molar-refractivity contribution is -0.697. The van der Waals surface area contributed by atoms with Gasteiger partial charge in [-0.05, 0) is 37.7 Å². The van der Waals surface area contributed by atoms with Gasteiger partial charge in [-0.25, -0.2) is 4.57 Å². The molecule has 0 saturated carbocycles. The van der Waals surface area contributed by atoms with E-state index >= 15 is 0 Å². The van der Waals surface area contributed by atoms with E-state index in [1.165, 1.54) is 206 Å². The Morgan fingerprint density at radius 3 is 1.07 bits per heavy atom. The van der Waals surface area contributed by atoms with E-state index in [2.05, 4.69) is 43.8 Å². The van der Waals surface area contributed by atoms with Crippen molar-refractivity contribution in [3.8, 4) is 0 Å². The minimum Gasteiger partial charge on any atom is -0.205 e. The highest BCUT2D eigenvalue weighted by Crippen LogP contribution is 2.17. The van der Waals surface area contributed by atoms with Gasteiger partial charge in [0.1, 0.15) is 6.54 Å². The average Bonchev–Trinajstić information content (AvgIpc) is 2.99. The van der Waals surface area contributed by atoms with Crippen LogP contribution in [0.15, 0.2) is 18.5 Å². The molecule has 0 aromatic carbocycles. The first-order chi connectivity index (χ1) is 20.3. The summed E-state index contributed by atoms with van der Waals surface area (Å²) in [6.07, 6.45) is 48.9. The highest BCUT2D eigenvalue weighted by Gasteiger charge is 2.10. The molecule has 0 radical (unpaired) electrons. The summed E-state index contributed by atoms with van der Waals surface area (Å²) in [5, 5.41) is 0. The number of nitrogens with zero attached hydrogens (tertiary/aromatic N) is 1. The summed E-state index contributed by atoms with van der Waals surface area (Å²) in [6, 6.07) is 2.48. The van der Waals surface area contributed by atoms with Crippen LogP contribution in [0.2, 0.25) is 0 Å². The van der Waals surface area contributed by atoms with E-state index in [0.29, 0.717) is 0 Å². The average molecular weight is 571 g/mol. The lowest BCUT2D eigenvalue weighted by Gasteiger charge is -2.09. The first kappa shape index (κ1) is 38.2. The molecule has 1 heteroatoms. The molecular formula is C40H76N+. The normalized spacial score (nSPS) is 11.5. The number of aromatic nitrogens is 1. The molecule has 0 bridgehead atoms. The second-order valence-corrected chi connectivity index (χ2v) is 13.4. The molecule has 0 atom stereocenters. The smallest absolute Gasteiger partial charge is 0.172 e. The van der Waals surface area contributed by atoms with Gasteiger partial charge in [0.25, 0.3) is 0 Å². The zero-order valence-electron chi connectivity index (χ0n) is 28.8. The monoisotopic (exact) mass is 571 g/mol. The summed E-state index contributed by atoms with van der Waals surface area (Å²) in [7, 11) is 0. The summed E-state index contributed by atoms with van der Waals surface area (Å²) in [5.74, 6) is 0. The molecule has 0 N–H and O–H groups in total. The van der Waals surface area contributed by atoms with Crippen LogP contribution < -0.4 is 4.57 Å². The Morgan fingerprint density at radius 2 is 0.683 bits per heavy atom. The summed E-state index contributed by atoms with van der Waals surface area (Å²) >= 11 is 0. The van der Waals surface area contributed by atoms with Gasteiger partial charge in [-0.15, -0.1) is 0 Å². The molecular weight excluding hydrogens is 494 g/mol. The lowest BCUT2D eigenvalue weighted by atomic mass is 9.98. The van der Waals surface area contributed by atoms with Crippen LogP contribution in [0.1, 0.15) is 218 Å². The summed E-state index contributed by atoms with van der Waals surface area (Å²) < 4.78 is 2.52. The van der Waals surface area contributed by atoms with Crippen LogP contribution in [-0.2, 0) is 19.4 Å². The third-order valence-corrected chi connectivity index (χ3v) is 9.32. The Kier molecular flexibility index (Phi) is 28.5. The molecule has 0 aliphatic rings. The molecule has 0 saturated heterocycles. The van der Waals surface area contributed by atoms with Gasteiger partial charge in [-0.1, -0.05) is 181 Å². The predicted octanol–water partition coefficient (Wildman–Crippen LogP) is 13.4. The Morgan fingerprint density at radius 1 is 0.366 bits per heavy atom. The van der Waals surface area contributed by atoms with Crippen LogP contribution in [0.5, 0.6) is 0 Å². The number of hydrogen-bond donors (Lipinski definition) is 0. The van der Waals surface area contributed by atoms with Gasteiger partial charge in [0, 0.05) is 18.1 Å². The Labute approximate surface area is 260 Å². The fourth-order valence-corrected chi connectivity index (χ4v) is 6.44. The quantitative estimate of drug-likeness (QED) is 0.0599. The van der Waals surface area contributed by atoms with Gasteiger partial charge < -0.3 is 0 Å². The highest BCUT2D eigenvalue weighted by atomic mass is 14.9. The summed E-state index contributed by atoms with van der Waals surface area (Å²) in [4.78, 5) is 0. The third kappa shape index (κ3) is 24.3. The second-order valence-electron chi connectivity index (χ2n) is 13.4. The third-order valence-electron chi connectivity index (χ3n) is 9.32. The molecule has 0 aliphatic heterocycles. The molecule has 1 heterocycles. The second kappa shape index (κ2) is 30.6. The maximum Gasteiger partial charge on any atom is 0.172 e. The van der Waals surface area contributed by atoms with Crippen molar-refractivity contribution < 1.29 is 4.57 Å². The molecule has 240 valence electrons. The minimum atomic E-state index is 1.21. The Bertz CT molecular complexity index is 650. The van der Waals surface area contributed by atoms with Gasteiger partial charge in [0.2, 0.25) is 0 Å². The topological polar surface area (TPSA) is 3.88 Å². The van der Waals surface area contributed by atoms with E-state index in [0.717, 1.165) is 0 Å². The van der Waals surface area contributed by atoms with Crippen LogP contribution in [0.25, 0.3) is 0 Å². The molecule has 1 rings (SSSR count). The van der Waals surface area contributed by atoms with Gasteiger partial charge in [0.15, 0.2) is 12.4 Å². The van der Waals surface area contributed by atoms with Crippen molar-refractivity contribution in [3.63, 3.8) is 0 Å². The van der Waals surface area contributed by atoms with E-state index in [-0.39, 0.29) is 0 Å². The van der Waals surface area contributed by atoms with Crippen molar-refractivity contribution in [2.45, 2.75) is 226 Å². The SMILES string of the molecule is CCCCCCCCCCCCCCCCCCC[n+]1ccc(CCCCCCCC)c(CCCCCCCC)c1. The van der Waals surface area contributed by atoms with E-state index in [9.17, 15) is 0 Å². The molecule has 1 nitrogen and oxygen atoms in total. The van der Waals surface area contributed by atoms with Crippen LogP contribution in [0.4, 0.5) is 0 Å². The molecule has 0 aliphatic carbocycles. The van der Waals surface area contributed by atoms with E-state index in [4.69, 9.17) is 0 Å². The van der Waals surface area contributed by atoms with Crippen molar-refractivity contribution in [3.05, 3.63) is 29.6 Å². The first-order valence-corrected chi connectivity index (χ1v) is 19.3. The van der Waals surface area contributed by atoms with Crippen LogP contribution in [-0.4, -0.2) is 0 Å². The van der Waals surface area contributed by atoms with Crippen LogP contribution in [0.3, 0.4) is 0 Å². The van der Waals surface area contributed by atoms with E-state index in [1.54, 1.807) is 11.1 Å². The summed E-state index contributed by atoms with van der Waals surface area (Å²) in [5.41, 5.74) is 3.30. The first-order valence-electron chi connectivity index (χ1n) is 19.3. The lowest BCUT2D eigenvalue weighted by Crippen LogP contribution is -2.34. The van der Waals surface area contributed by atoms with Crippen molar-refractivity contribution in [2.24, 2.45) is 0 Å². The van der Waals surface area contributed by atoms with Gasteiger partial charge in [-0.3, -0.25) is 0 Å². The standard InChI is InChI=1S/C40H76N/c1-4-7-10-13-16-17-18-19-20-21-22-23-24-25-26-29-32-36-41-37-35-39(33-30-27-14-11-8-5-2)40(38-41)34-31-28-15-12-9-6-3/h35,37-38H,4-34,36H2,1-3H3/q+1. The maximum atomic E-state index is 2.53. The minimum absolute atomic E-state index is 1.21. The van der Waals surface area contributed by atoms with Crippen LogP contribution >= 0.6 is 0 Å². The van der Waals surface area contributed by atoms with Crippen molar-refractivity contribution in [1.29, 1.82) is 0 Å². The molecule has 0 amide bonds. The largest absolute Gasteiger partial charge is 0.205 e. The number of aryl methyl sites for hydroxylation is 3. The Balaban J connectivity index is 2.17. The molecule has 0 fully saturated rings. The molecule has 0 unspecified atom stereocenters. The van der Waals surface area contributed by atoms with E-state index < -0.39 is 0 Å². The van der Waals surface area contributed by atoms with Crippen molar-refractivity contribution in [2.75, 3.05) is 0 Å². The highest BCUT2D eigenvalue weighted by molar-refractivity contribution is 5.21. The molecule has 0 spiro atoms. The Hall–Kier alpha value is -0.850. The zero-order valence-corrected chi connectivity index (χ0v) is 28.8. The molecule has 41 heavy (non-hydrogen) atoms. The fraction of sp³-hybridized carbons (Fsp3) is 0.875. The van der Waals surface area contributed by atoms with E-state index in [1.807, 2.05) is 0 Å². The number of unbranched alkanes of at least 4 members (excludes halogenated alkanes) is 26.